The summed E-state index contributed by atoms with van der Waals surface area (Å²) in [4.78, 5) is 14.3. The van der Waals surface area contributed by atoms with Crippen molar-refractivity contribution < 1.29 is 4.79 Å². The molecule has 0 unspecified atom stereocenters. The molecule has 4 heteroatoms. The quantitative estimate of drug-likeness (QED) is 0.628. The van der Waals surface area contributed by atoms with Crippen molar-refractivity contribution in [1.29, 1.82) is 0 Å². The molecule has 2 heterocycles. The fourth-order valence-electron chi connectivity index (χ4n) is 1.05. The second-order valence-corrected chi connectivity index (χ2v) is 2.76. The molecule has 2 aromatic rings. The lowest BCUT2D eigenvalue weighted by Crippen LogP contribution is -1.84. The molecule has 0 aromatic carbocycles. The van der Waals surface area contributed by atoms with E-state index in [0.29, 0.717) is 10.7 Å². The van der Waals surface area contributed by atoms with Crippen LogP contribution in [0, 0.1) is 0 Å². The number of rotatable bonds is 1. The number of imidazole rings is 1. The number of aromatic nitrogens is 2. The molecule has 3 nitrogen and oxygen atoms in total. The Morgan fingerprint density at radius 3 is 3.17 bits per heavy atom. The molecule has 0 aliphatic rings. The summed E-state index contributed by atoms with van der Waals surface area (Å²) in [7, 11) is 0. The molecule has 0 radical (unpaired) electrons. The van der Waals surface area contributed by atoms with Crippen LogP contribution in [0.2, 0.25) is 5.15 Å². The summed E-state index contributed by atoms with van der Waals surface area (Å²) in [6.07, 6.45) is 4.13. The summed E-state index contributed by atoms with van der Waals surface area (Å²) in [5, 5.41) is 0.415. The Balaban J connectivity index is 2.79. The van der Waals surface area contributed by atoms with Gasteiger partial charge in [-0.25, -0.2) is 4.98 Å². The summed E-state index contributed by atoms with van der Waals surface area (Å²) in [5.41, 5.74) is 1.35. The summed E-state index contributed by atoms with van der Waals surface area (Å²) >= 11 is 5.75. The molecule has 0 N–H and O–H groups in total. The van der Waals surface area contributed by atoms with Gasteiger partial charge in [0.05, 0.1) is 5.52 Å². The Kier molecular flexibility index (Phi) is 1.59. The van der Waals surface area contributed by atoms with E-state index in [1.165, 1.54) is 0 Å². The van der Waals surface area contributed by atoms with Gasteiger partial charge in [0.2, 0.25) is 0 Å². The normalized spacial score (nSPS) is 10.4. The van der Waals surface area contributed by atoms with Crippen LogP contribution in [0.1, 0.15) is 10.4 Å². The molecule has 2 aromatic heterocycles. The lowest BCUT2D eigenvalue weighted by molar-refractivity contribution is 0.112. The van der Waals surface area contributed by atoms with Crippen LogP contribution in [0.3, 0.4) is 0 Å². The van der Waals surface area contributed by atoms with Crippen LogP contribution < -0.4 is 0 Å². The van der Waals surface area contributed by atoms with E-state index in [4.69, 9.17) is 11.6 Å². The zero-order valence-corrected chi connectivity index (χ0v) is 6.82. The van der Waals surface area contributed by atoms with Gasteiger partial charge in [0.1, 0.15) is 12.6 Å². The minimum atomic E-state index is 0.415. The van der Waals surface area contributed by atoms with Gasteiger partial charge in [-0.3, -0.25) is 4.79 Å². The van der Waals surface area contributed by atoms with E-state index >= 15 is 0 Å². The second-order valence-electron chi connectivity index (χ2n) is 2.41. The minimum absolute atomic E-state index is 0.415. The van der Waals surface area contributed by atoms with Crippen LogP contribution in [-0.2, 0) is 0 Å². The molecule has 0 bridgehead atoms. The standard InChI is InChI=1S/C8H5ClN2O/c9-8-7-3-6(4-12)1-2-11(7)5-10-8/h1-5H. The number of pyridine rings is 1. The molecule has 0 aliphatic heterocycles. The number of hydrogen-bond donors (Lipinski definition) is 0. The average Bonchev–Trinajstić information content (AvgIpc) is 2.47. The van der Waals surface area contributed by atoms with Gasteiger partial charge in [0.15, 0.2) is 5.15 Å². The second kappa shape index (κ2) is 2.60. The molecule has 12 heavy (non-hydrogen) atoms. The highest BCUT2D eigenvalue weighted by atomic mass is 35.5. The Morgan fingerprint density at radius 2 is 2.42 bits per heavy atom. The molecule has 0 saturated carbocycles. The van der Waals surface area contributed by atoms with Gasteiger partial charge in [-0.05, 0) is 12.1 Å². The SMILES string of the molecule is O=Cc1ccn2cnc(Cl)c2c1. The third kappa shape index (κ3) is 0.987. The van der Waals surface area contributed by atoms with Crippen molar-refractivity contribution in [2.75, 3.05) is 0 Å². The Morgan fingerprint density at radius 1 is 1.58 bits per heavy atom. The Hall–Kier alpha value is -1.35. The van der Waals surface area contributed by atoms with E-state index in [1.807, 2.05) is 0 Å². The van der Waals surface area contributed by atoms with Crippen LogP contribution in [0.5, 0.6) is 0 Å². The third-order valence-electron chi connectivity index (χ3n) is 1.65. The number of carbonyl (C=O) groups excluding carboxylic acids is 1. The van der Waals surface area contributed by atoms with Crippen LogP contribution in [0.4, 0.5) is 0 Å². The van der Waals surface area contributed by atoms with Crippen molar-refractivity contribution in [2.45, 2.75) is 0 Å². The molecule has 0 aliphatic carbocycles. The van der Waals surface area contributed by atoms with Crippen LogP contribution in [0.15, 0.2) is 24.7 Å². The third-order valence-corrected chi connectivity index (χ3v) is 1.94. The van der Waals surface area contributed by atoms with Gasteiger partial charge in [-0.1, -0.05) is 11.6 Å². The molecule has 0 spiro atoms. The van der Waals surface area contributed by atoms with Crippen molar-refractivity contribution in [3.63, 3.8) is 0 Å². The predicted molar refractivity (Wildman–Crippen MR) is 45.6 cm³/mol. The molecular formula is C8H5ClN2O. The van der Waals surface area contributed by atoms with Gasteiger partial charge in [-0.15, -0.1) is 0 Å². The zero-order valence-electron chi connectivity index (χ0n) is 6.07. The van der Waals surface area contributed by atoms with Crippen molar-refractivity contribution in [3.8, 4) is 0 Å². The topological polar surface area (TPSA) is 34.4 Å². The molecule has 60 valence electrons. The van der Waals surface area contributed by atoms with Crippen LogP contribution >= 0.6 is 11.6 Å². The summed E-state index contributed by atoms with van der Waals surface area (Å²) in [6, 6.07) is 3.40. The van der Waals surface area contributed by atoms with Crippen molar-refractivity contribution in [1.82, 2.24) is 9.38 Å². The lowest BCUT2D eigenvalue weighted by atomic mass is 10.3. The summed E-state index contributed by atoms with van der Waals surface area (Å²) in [5.74, 6) is 0. The first-order valence-electron chi connectivity index (χ1n) is 3.38. The van der Waals surface area contributed by atoms with E-state index in [0.717, 1.165) is 11.8 Å². The fourth-order valence-corrected chi connectivity index (χ4v) is 1.24. The highest BCUT2D eigenvalue weighted by Crippen LogP contribution is 2.15. The van der Waals surface area contributed by atoms with Crippen molar-refractivity contribution in [2.24, 2.45) is 0 Å². The van der Waals surface area contributed by atoms with Gasteiger partial charge < -0.3 is 4.40 Å². The van der Waals surface area contributed by atoms with E-state index in [2.05, 4.69) is 4.98 Å². The number of hydrogen-bond acceptors (Lipinski definition) is 2. The zero-order chi connectivity index (χ0) is 8.55. The predicted octanol–water partition coefficient (Wildman–Crippen LogP) is 1.80. The fraction of sp³-hybridized carbons (Fsp3) is 0. The van der Waals surface area contributed by atoms with Crippen molar-refractivity contribution in [3.05, 3.63) is 35.4 Å². The molecule has 0 fully saturated rings. The first-order chi connectivity index (χ1) is 5.81. The highest BCUT2D eigenvalue weighted by Gasteiger charge is 2.00. The van der Waals surface area contributed by atoms with Crippen LogP contribution in [0.25, 0.3) is 5.52 Å². The number of carbonyl (C=O) groups is 1. The minimum Gasteiger partial charge on any atom is -0.305 e. The van der Waals surface area contributed by atoms with Crippen LogP contribution in [-0.4, -0.2) is 15.7 Å². The van der Waals surface area contributed by atoms with E-state index in [-0.39, 0.29) is 0 Å². The maximum Gasteiger partial charge on any atom is 0.154 e. The van der Waals surface area contributed by atoms with E-state index in [1.54, 1.807) is 29.1 Å². The summed E-state index contributed by atoms with van der Waals surface area (Å²) < 4.78 is 1.76. The first kappa shape index (κ1) is 7.31. The molecular weight excluding hydrogens is 176 g/mol. The van der Waals surface area contributed by atoms with Crippen molar-refractivity contribution >= 4 is 23.4 Å². The molecule has 0 amide bonds. The lowest BCUT2D eigenvalue weighted by Gasteiger charge is -1.93. The van der Waals surface area contributed by atoms with Gasteiger partial charge in [0.25, 0.3) is 0 Å². The molecule has 0 atom stereocenters. The van der Waals surface area contributed by atoms with Gasteiger partial charge >= 0.3 is 0 Å². The number of aldehydes is 1. The number of nitrogens with zero attached hydrogens (tertiary/aromatic N) is 2. The largest absolute Gasteiger partial charge is 0.305 e. The summed E-state index contributed by atoms with van der Waals surface area (Å²) in [6.45, 7) is 0. The first-order valence-corrected chi connectivity index (χ1v) is 3.76. The smallest absolute Gasteiger partial charge is 0.154 e. The number of fused-ring (bicyclic) bond motifs is 1. The van der Waals surface area contributed by atoms with E-state index < -0.39 is 0 Å². The Bertz CT molecular complexity index is 436. The maximum atomic E-state index is 10.4. The highest BCUT2D eigenvalue weighted by molar-refractivity contribution is 6.32. The molecule has 0 saturated heterocycles. The molecule has 2 rings (SSSR count). The van der Waals surface area contributed by atoms with Gasteiger partial charge in [-0.2, -0.15) is 0 Å². The monoisotopic (exact) mass is 180 g/mol. The Labute approximate surface area is 73.6 Å². The number of halogens is 1. The average molecular weight is 181 g/mol. The van der Waals surface area contributed by atoms with Gasteiger partial charge in [0, 0.05) is 11.8 Å². The maximum absolute atomic E-state index is 10.4. The van der Waals surface area contributed by atoms with E-state index in [9.17, 15) is 4.79 Å².